The van der Waals surface area contributed by atoms with Crippen molar-refractivity contribution in [2.75, 3.05) is 0 Å². The molecular weight excluding hydrogens is 266 g/mol. The summed E-state index contributed by atoms with van der Waals surface area (Å²) < 4.78 is 1.49. The van der Waals surface area contributed by atoms with E-state index in [1.807, 2.05) is 19.1 Å². The minimum Gasteiger partial charge on any atom is -0.502 e. The molecule has 1 aliphatic rings. The molecule has 1 aromatic heterocycles. The number of aliphatic hydroxyl groups excluding tert-OH is 1. The van der Waals surface area contributed by atoms with E-state index in [1.54, 1.807) is 36.7 Å². The maximum absolute atomic E-state index is 12.3. The molecule has 1 N–H and O–H groups in total. The average Bonchev–Trinajstić information content (AvgIpc) is 2.53. The Bertz CT molecular complexity index is 773. The number of benzene rings is 1. The molecule has 0 saturated heterocycles. The van der Waals surface area contributed by atoms with Gasteiger partial charge in [0.05, 0.1) is 0 Å². The van der Waals surface area contributed by atoms with Crippen LogP contribution in [0.25, 0.3) is 11.5 Å². The molecule has 0 bridgehead atoms. The number of ketones is 2. The Labute approximate surface area is 122 Å². The third-order valence-corrected chi connectivity index (χ3v) is 3.64. The average molecular weight is 280 g/mol. The van der Waals surface area contributed by atoms with Crippen LogP contribution in [-0.2, 0) is 11.2 Å². The lowest BCUT2D eigenvalue weighted by Crippen LogP contribution is -2.41. The second kappa shape index (κ2) is 4.98. The lowest BCUT2D eigenvalue weighted by molar-refractivity contribution is -0.577. The number of allylic oxidation sites excluding steroid dienone is 1. The fourth-order valence-corrected chi connectivity index (χ4v) is 2.43. The summed E-state index contributed by atoms with van der Waals surface area (Å²) in [5.41, 5.74) is 1.75. The predicted molar refractivity (Wildman–Crippen MR) is 77.5 cm³/mol. The highest BCUT2D eigenvalue weighted by Crippen LogP contribution is 2.27. The maximum atomic E-state index is 12.3. The molecule has 3 rings (SSSR count). The number of hydrogen-bond donors (Lipinski definition) is 1. The van der Waals surface area contributed by atoms with Gasteiger partial charge in [-0.25, -0.2) is 0 Å². The van der Waals surface area contributed by atoms with Crippen molar-refractivity contribution >= 4 is 23.0 Å². The summed E-state index contributed by atoms with van der Waals surface area (Å²) >= 11 is 0. The van der Waals surface area contributed by atoms with Gasteiger partial charge in [-0.15, -0.1) is 0 Å². The highest BCUT2D eigenvalue weighted by atomic mass is 16.3. The molecule has 0 fully saturated rings. The van der Waals surface area contributed by atoms with Crippen LogP contribution in [0.4, 0.5) is 0 Å². The molecule has 0 unspecified atom stereocenters. The first-order valence-electron chi connectivity index (χ1n) is 6.75. The van der Waals surface area contributed by atoms with Crippen molar-refractivity contribution in [2.24, 2.45) is 0 Å². The van der Waals surface area contributed by atoms with Crippen LogP contribution in [0.3, 0.4) is 0 Å². The Morgan fingerprint density at radius 3 is 2.19 bits per heavy atom. The lowest BCUT2D eigenvalue weighted by atomic mass is 9.91. The Hall–Kier alpha value is -2.75. The minimum absolute atomic E-state index is 0.00125. The van der Waals surface area contributed by atoms with E-state index in [9.17, 15) is 14.7 Å². The van der Waals surface area contributed by atoms with E-state index in [2.05, 4.69) is 0 Å². The number of Topliss-reactive ketones (excluding diaryl/α,β-unsaturated/α-hetero) is 2. The normalized spacial score (nSPS) is 14.3. The van der Waals surface area contributed by atoms with Gasteiger partial charge in [-0.1, -0.05) is 31.2 Å². The topological polar surface area (TPSA) is 58.2 Å². The number of hydrogen-bond acceptors (Lipinski definition) is 3. The first kappa shape index (κ1) is 13.2. The van der Waals surface area contributed by atoms with Crippen LogP contribution >= 0.6 is 0 Å². The van der Waals surface area contributed by atoms with E-state index in [4.69, 9.17) is 0 Å². The van der Waals surface area contributed by atoms with Crippen molar-refractivity contribution in [3.05, 3.63) is 65.5 Å². The van der Waals surface area contributed by atoms with Crippen LogP contribution < -0.4 is 4.57 Å². The van der Waals surface area contributed by atoms with Gasteiger partial charge in [-0.3, -0.25) is 9.59 Å². The number of pyridine rings is 1. The molecule has 4 heteroatoms. The van der Waals surface area contributed by atoms with Crippen molar-refractivity contribution in [2.45, 2.75) is 13.3 Å². The number of aliphatic hydroxyl groups is 1. The Morgan fingerprint density at radius 2 is 1.57 bits per heavy atom. The van der Waals surface area contributed by atoms with Crippen molar-refractivity contribution in [1.29, 1.82) is 0 Å². The molecule has 104 valence electrons. The van der Waals surface area contributed by atoms with Gasteiger partial charge in [0.1, 0.15) is 0 Å². The second-order valence-corrected chi connectivity index (χ2v) is 4.87. The van der Waals surface area contributed by atoms with Gasteiger partial charge in [0.25, 0.3) is 0 Å². The fraction of sp³-hybridized carbons (Fsp3) is 0.118. The Morgan fingerprint density at radius 1 is 0.952 bits per heavy atom. The van der Waals surface area contributed by atoms with E-state index in [0.717, 1.165) is 12.0 Å². The predicted octanol–water partition coefficient (Wildman–Crippen LogP) is 2.19. The molecule has 0 aliphatic heterocycles. The molecule has 4 nitrogen and oxygen atoms in total. The number of nitrogens with zero attached hydrogens (tertiary/aromatic N) is 1. The van der Waals surface area contributed by atoms with Gasteiger partial charge in [0.15, 0.2) is 12.4 Å². The van der Waals surface area contributed by atoms with Crippen LogP contribution in [0.15, 0.2) is 48.8 Å². The third kappa shape index (κ3) is 2.05. The molecule has 0 atom stereocenters. The van der Waals surface area contributed by atoms with Crippen LogP contribution in [0.5, 0.6) is 0 Å². The number of carbonyl (C=O) groups excluding carboxylic acids is 2. The molecule has 2 aromatic rings. The molecule has 1 aliphatic carbocycles. The van der Waals surface area contributed by atoms with Crippen molar-refractivity contribution in [3.63, 3.8) is 0 Å². The van der Waals surface area contributed by atoms with Crippen molar-refractivity contribution < 1.29 is 19.3 Å². The van der Waals surface area contributed by atoms with E-state index < -0.39 is 11.6 Å². The summed E-state index contributed by atoms with van der Waals surface area (Å²) in [5, 5.41) is 10.4. The summed E-state index contributed by atoms with van der Waals surface area (Å²) in [5.74, 6) is -1.45. The molecule has 0 radical (unpaired) electrons. The largest absolute Gasteiger partial charge is 0.502 e. The molecule has 1 heterocycles. The standard InChI is InChI=1S/C17H13NO3/c1-2-11-7-9-18(10-8-11)14-15(19)12-5-3-4-6-13(12)16(20)17(14)21/h3-10H,2H2,1H3/p+1. The second-order valence-electron chi connectivity index (χ2n) is 4.87. The molecule has 0 spiro atoms. The molecule has 1 aromatic carbocycles. The number of aryl methyl sites for hydroxylation is 1. The molecular formula is C17H14NO3+. The lowest BCUT2D eigenvalue weighted by Gasteiger charge is -2.13. The van der Waals surface area contributed by atoms with Gasteiger partial charge in [0.2, 0.25) is 11.5 Å². The zero-order valence-electron chi connectivity index (χ0n) is 11.5. The monoisotopic (exact) mass is 280 g/mol. The van der Waals surface area contributed by atoms with Gasteiger partial charge < -0.3 is 5.11 Å². The van der Waals surface area contributed by atoms with E-state index in [0.29, 0.717) is 5.56 Å². The number of aromatic nitrogens is 1. The minimum atomic E-state index is -0.694. The van der Waals surface area contributed by atoms with Crippen LogP contribution in [0.1, 0.15) is 28.4 Å². The number of rotatable bonds is 2. The van der Waals surface area contributed by atoms with E-state index >= 15 is 0 Å². The van der Waals surface area contributed by atoms with E-state index in [1.165, 1.54) is 4.57 Å². The van der Waals surface area contributed by atoms with Gasteiger partial charge in [-0.05, 0) is 12.0 Å². The van der Waals surface area contributed by atoms with Gasteiger partial charge in [-0.2, -0.15) is 4.57 Å². The summed E-state index contributed by atoms with van der Waals surface area (Å²) in [6.07, 6.45) is 4.24. The first-order valence-corrected chi connectivity index (χ1v) is 6.75. The van der Waals surface area contributed by atoms with Crippen molar-refractivity contribution in [3.8, 4) is 0 Å². The number of carbonyl (C=O) groups is 2. The summed E-state index contributed by atoms with van der Waals surface area (Å²) in [6, 6.07) is 10.3. The molecule has 0 saturated carbocycles. The molecule has 21 heavy (non-hydrogen) atoms. The van der Waals surface area contributed by atoms with Gasteiger partial charge in [0, 0.05) is 23.3 Å². The highest BCUT2D eigenvalue weighted by Gasteiger charge is 2.39. The summed E-state index contributed by atoms with van der Waals surface area (Å²) in [4.78, 5) is 24.4. The first-order chi connectivity index (χ1) is 10.1. The summed E-state index contributed by atoms with van der Waals surface area (Å²) in [6.45, 7) is 2.03. The van der Waals surface area contributed by atoms with Crippen LogP contribution in [0.2, 0.25) is 0 Å². The van der Waals surface area contributed by atoms with Crippen LogP contribution in [0, 0.1) is 0 Å². The Kier molecular flexibility index (Phi) is 3.14. The SMILES string of the molecule is CCc1cc[n+](C2=C(O)c3ccccc3C(=O)C2=O)cc1. The highest BCUT2D eigenvalue weighted by molar-refractivity contribution is 6.59. The van der Waals surface area contributed by atoms with Gasteiger partial charge >= 0.3 is 11.5 Å². The smallest absolute Gasteiger partial charge is 0.305 e. The number of fused-ring (bicyclic) bond motifs is 1. The molecule has 0 amide bonds. The third-order valence-electron chi connectivity index (χ3n) is 3.64. The van der Waals surface area contributed by atoms with Crippen molar-refractivity contribution in [1.82, 2.24) is 0 Å². The summed E-state index contributed by atoms with van der Waals surface area (Å²) in [7, 11) is 0. The maximum Gasteiger partial charge on any atom is 0.305 e. The quantitative estimate of drug-likeness (QED) is 0.677. The van der Waals surface area contributed by atoms with E-state index in [-0.39, 0.29) is 17.0 Å². The zero-order valence-corrected chi connectivity index (χ0v) is 11.5. The van der Waals surface area contributed by atoms with Crippen LogP contribution in [-0.4, -0.2) is 16.7 Å². The Balaban J connectivity index is 2.20. The fourth-order valence-electron chi connectivity index (χ4n) is 2.43. The zero-order chi connectivity index (χ0) is 15.0.